The average Bonchev–Trinajstić information content (AvgIpc) is 2.77. The third-order valence-corrected chi connectivity index (χ3v) is 6.15. The molecule has 11 heteroatoms. The van der Waals surface area contributed by atoms with Gasteiger partial charge in [0.05, 0.1) is 51.1 Å². The van der Waals surface area contributed by atoms with Gasteiger partial charge in [-0.15, -0.1) is 0 Å². The number of hydrogen-bond acceptors (Lipinski definition) is 8. The summed E-state index contributed by atoms with van der Waals surface area (Å²) in [6.07, 6.45) is 0. The van der Waals surface area contributed by atoms with E-state index in [2.05, 4.69) is 5.32 Å². The second kappa shape index (κ2) is 10.1. The highest BCUT2D eigenvalue weighted by Gasteiger charge is 2.25. The number of carbonyl (C=O) groups is 2. The van der Waals surface area contributed by atoms with E-state index in [1.165, 1.54) is 71.9 Å². The number of likely N-dealkylation sites (N-methyl/N-ethyl adjacent to an activating group) is 1. The molecular weight excluding hydrogens is 428 g/mol. The lowest BCUT2D eigenvalue weighted by atomic mass is 10.1. The molecule has 0 bridgehead atoms. The van der Waals surface area contributed by atoms with Gasteiger partial charge in [0.25, 0.3) is 0 Å². The number of benzene rings is 2. The Bertz CT molecular complexity index is 1050. The van der Waals surface area contributed by atoms with Gasteiger partial charge < -0.3 is 24.3 Å². The summed E-state index contributed by atoms with van der Waals surface area (Å²) in [5, 5.41) is 2.52. The number of hydrogen-bond donors (Lipinski definition) is 1. The molecule has 168 valence electrons. The number of rotatable bonds is 9. The summed E-state index contributed by atoms with van der Waals surface area (Å²) < 4.78 is 46.4. The van der Waals surface area contributed by atoms with E-state index in [-0.39, 0.29) is 27.6 Å². The van der Waals surface area contributed by atoms with Crippen LogP contribution in [0.3, 0.4) is 0 Å². The van der Waals surface area contributed by atoms with Crippen LogP contribution in [-0.2, 0) is 19.6 Å². The average molecular weight is 452 g/mol. The molecule has 1 amide bonds. The Kier molecular flexibility index (Phi) is 7.83. The number of nitrogens with one attached hydrogen (secondary N) is 1. The third-order valence-electron chi connectivity index (χ3n) is 4.34. The van der Waals surface area contributed by atoms with E-state index in [1.807, 2.05) is 0 Å². The molecule has 0 aromatic heterocycles. The van der Waals surface area contributed by atoms with Crippen molar-refractivity contribution in [2.45, 2.75) is 4.90 Å². The molecule has 2 aromatic carbocycles. The van der Waals surface area contributed by atoms with Crippen LogP contribution in [0.1, 0.15) is 10.4 Å². The van der Waals surface area contributed by atoms with Crippen LogP contribution in [0, 0.1) is 0 Å². The molecule has 0 radical (unpaired) electrons. The van der Waals surface area contributed by atoms with Gasteiger partial charge in [0, 0.05) is 19.2 Å². The SMILES string of the molecule is COC(=O)c1cc(OC)c(OC)cc1NC(=O)CN(C)S(=O)(=O)c1ccc(OC)cc1. The highest BCUT2D eigenvalue weighted by molar-refractivity contribution is 7.89. The van der Waals surface area contributed by atoms with E-state index < -0.39 is 28.4 Å². The van der Waals surface area contributed by atoms with E-state index in [4.69, 9.17) is 18.9 Å². The predicted octanol–water partition coefficient (Wildman–Crippen LogP) is 1.76. The zero-order valence-corrected chi connectivity index (χ0v) is 18.6. The summed E-state index contributed by atoms with van der Waals surface area (Å²) in [6, 6.07) is 8.53. The van der Waals surface area contributed by atoms with Gasteiger partial charge in [-0.25, -0.2) is 13.2 Å². The fraction of sp³-hybridized carbons (Fsp3) is 0.300. The zero-order valence-electron chi connectivity index (χ0n) is 17.8. The second-order valence-corrected chi connectivity index (χ2v) is 8.27. The summed E-state index contributed by atoms with van der Waals surface area (Å²) in [5.41, 5.74) is 0.110. The van der Waals surface area contributed by atoms with Crippen LogP contribution >= 0.6 is 0 Å². The fourth-order valence-corrected chi connectivity index (χ4v) is 3.79. The molecule has 10 nitrogen and oxygen atoms in total. The number of amides is 1. The van der Waals surface area contributed by atoms with Gasteiger partial charge in [-0.2, -0.15) is 4.31 Å². The smallest absolute Gasteiger partial charge is 0.340 e. The largest absolute Gasteiger partial charge is 0.497 e. The van der Waals surface area contributed by atoms with Crippen LogP contribution in [0.4, 0.5) is 5.69 Å². The van der Waals surface area contributed by atoms with Gasteiger partial charge in [0.2, 0.25) is 15.9 Å². The quantitative estimate of drug-likeness (QED) is 0.572. The number of esters is 1. The molecule has 0 fully saturated rings. The molecule has 2 rings (SSSR count). The molecule has 0 aliphatic carbocycles. The van der Waals surface area contributed by atoms with Gasteiger partial charge in [0.1, 0.15) is 5.75 Å². The van der Waals surface area contributed by atoms with Crippen molar-refractivity contribution < 1.29 is 37.0 Å². The Balaban J connectivity index is 2.25. The normalized spacial score (nSPS) is 11.0. The predicted molar refractivity (Wildman–Crippen MR) is 112 cm³/mol. The summed E-state index contributed by atoms with van der Waals surface area (Å²) in [4.78, 5) is 24.7. The molecule has 0 saturated heterocycles. The highest BCUT2D eigenvalue weighted by atomic mass is 32.2. The van der Waals surface area contributed by atoms with E-state index in [0.29, 0.717) is 5.75 Å². The van der Waals surface area contributed by atoms with Gasteiger partial charge >= 0.3 is 5.97 Å². The molecule has 31 heavy (non-hydrogen) atoms. The Hall–Kier alpha value is -3.31. The molecule has 0 atom stereocenters. The number of methoxy groups -OCH3 is 4. The first-order chi connectivity index (χ1) is 14.7. The number of ether oxygens (including phenoxy) is 4. The minimum absolute atomic E-state index is 0.00460. The standard InChI is InChI=1S/C20H24N2O8S/c1-22(31(25,26)14-8-6-13(27-2)7-9-14)12-19(23)21-16-11-18(29-4)17(28-3)10-15(16)20(24)30-5/h6-11H,12H2,1-5H3,(H,21,23). The van der Waals surface area contributed by atoms with E-state index in [1.54, 1.807) is 0 Å². The lowest BCUT2D eigenvalue weighted by molar-refractivity contribution is -0.116. The Morgan fingerprint density at radius 1 is 0.935 bits per heavy atom. The first-order valence-corrected chi connectivity index (χ1v) is 10.4. The van der Waals surface area contributed by atoms with Gasteiger partial charge in [-0.3, -0.25) is 4.79 Å². The van der Waals surface area contributed by atoms with Gasteiger partial charge in [-0.1, -0.05) is 0 Å². The molecule has 0 heterocycles. The van der Waals surface area contributed by atoms with Crippen molar-refractivity contribution in [3.8, 4) is 17.2 Å². The van der Waals surface area contributed by atoms with Crippen molar-refractivity contribution in [1.82, 2.24) is 4.31 Å². The van der Waals surface area contributed by atoms with Crippen molar-refractivity contribution in [1.29, 1.82) is 0 Å². The van der Waals surface area contributed by atoms with Crippen LogP contribution in [0.5, 0.6) is 17.2 Å². The van der Waals surface area contributed by atoms with Crippen LogP contribution in [0.2, 0.25) is 0 Å². The molecular formula is C20H24N2O8S. The minimum Gasteiger partial charge on any atom is -0.497 e. The second-order valence-electron chi connectivity index (χ2n) is 6.23. The number of sulfonamides is 1. The maximum absolute atomic E-state index is 12.7. The molecule has 0 saturated carbocycles. The Labute approximate surface area is 180 Å². The number of carbonyl (C=O) groups excluding carboxylic acids is 2. The Morgan fingerprint density at radius 3 is 2.03 bits per heavy atom. The first kappa shape index (κ1) is 24.0. The number of anilines is 1. The summed E-state index contributed by atoms with van der Waals surface area (Å²) >= 11 is 0. The highest BCUT2D eigenvalue weighted by Crippen LogP contribution is 2.33. The van der Waals surface area contributed by atoms with Gasteiger partial charge in [-0.05, 0) is 24.3 Å². The molecule has 0 aliphatic heterocycles. The fourth-order valence-electron chi connectivity index (χ4n) is 2.67. The third kappa shape index (κ3) is 5.44. The molecule has 2 aromatic rings. The van der Waals surface area contributed by atoms with Crippen molar-refractivity contribution in [3.63, 3.8) is 0 Å². The van der Waals surface area contributed by atoms with Crippen molar-refractivity contribution in [2.24, 2.45) is 0 Å². The van der Waals surface area contributed by atoms with Crippen molar-refractivity contribution in [3.05, 3.63) is 42.0 Å². The van der Waals surface area contributed by atoms with E-state index in [9.17, 15) is 18.0 Å². The van der Waals surface area contributed by atoms with E-state index in [0.717, 1.165) is 4.31 Å². The van der Waals surface area contributed by atoms with Crippen LogP contribution in [0.15, 0.2) is 41.3 Å². The van der Waals surface area contributed by atoms with Crippen molar-refractivity contribution >= 4 is 27.6 Å². The lowest BCUT2D eigenvalue weighted by Gasteiger charge is -2.18. The molecule has 1 N–H and O–H groups in total. The minimum atomic E-state index is -3.93. The topological polar surface area (TPSA) is 120 Å². The first-order valence-electron chi connectivity index (χ1n) is 8.92. The molecule has 0 aliphatic rings. The van der Waals surface area contributed by atoms with Gasteiger partial charge in [0.15, 0.2) is 11.5 Å². The lowest BCUT2D eigenvalue weighted by Crippen LogP contribution is -2.35. The monoisotopic (exact) mass is 452 g/mol. The summed E-state index contributed by atoms with van der Waals surface area (Å²) in [5.74, 6) is -0.347. The molecule has 0 spiro atoms. The maximum atomic E-state index is 12.7. The zero-order chi connectivity index (χ0) is 23.2. The van der Waals surface area contributed by atoms with Crippen LogP contribution < -0.4 is 19.5 Å². The summed E-state index contributed by atoms with van der Waals surface area (Å²) in [6.45, 7) is -0.497. The van der Waals surface area contributed by atoms with E-state index >= 15 is 0 Å². The Morgan fingerprint density at radius 2 is 1.52 bits per heavy atom. The maximum Gasteiger partial charge on any atom is 0.340 e. The van der Waals surface area contributed by atoms with Crippen LogP contribution in [0.25, 0.3) is 0 Å². The summed E-state index contributed by atoms with van der Waals surface area (Å²) in [7, 11) is 2.81. The van der Waals surface area contributed by atoms with Crippen LogP contribution in [-0.4, -0.2) is 66.6 Å². The number of nitrogens with zero attached hydrogens (tertiary/aromatic N) is 1. The van der Waals surface area contributed by atoms with Crippen molar-refractivity contribution in [2.75, 3.05) is 47.3 Å². The molecule has 0 unspecified atom stereocenters.